The molecule has 0 aliphatic carbocycles. The van der Waals surface area contributed by atoms with E-state index in [1.54, 1.807) is 18.5 Å². The Bertz CT molecular complexity index is 239. The number of hydrogen-bond donors (Lipinski definition) is 2. The molecule has 0 aliphatic heterocycles. The van der Waals surface area contributed by atoms with Gasteiger partial charge in [0.05, 0.1) is 0 Å². The van der Waals surface area contributed by atoms with E-state index in [1.807, 2.05) is 0 Å². The van der Waals surface area contributed by atoms with Gasteiger partial charge >= 0.3 is 6.03 Å². The molecule has 0 saturated carbocycles. The molecular formula is C5H6N4OS. The lowest BCUT2D eigenvalue weighted by atomic mass is 10.7. The molecule has 0 fully saturated rings. The molecule has 1 aromatic heterocycles. The van der Waals surface area contributed by atoms with Crippen LogP contribution in [0.15, 0.2) is 23.6 Å². The number of aromatic nitrogens is 2. The average Bonchev–Trinajstić information content (AvgIpc) is 2.03. The zero-order valence-electron chi connectivity index (χ0n) is 5.52. The predicted molar refractivity (Wildman–Crippen MR) is 40.6 cm³/mol. The summed E-state index contributed by atoms with van der Waals surface area (Å²) in [6.07, 6.45) is 3.16. The number of amides is 2. The summed E-state index contributed by atoms with van der Waals surface area (Å²) in [5.41, 5.74) is 4.81. The molecule has 5 nitrogen and oxygen atoms in total. The predicted octanol–water partition coefficient (Wildman–Crippen LogP) is 0.152. The van der Waals surface area contributed by atoms with Gasteiger partial charge in [-0.05, 0) is 6.07 Å². The van der Waals surface area contributed by atoms with E-state index in [4.69, 9.17) is 5.73 Å². The van der Waals surface area contributed by atoms with Gasteiger partial charge in [-0.25, -0.2) is 14.8 Å². The number of nitrogens with one attached hydrogen (secondary N) is 1. The molecule has 0 unspecified atom stereocenters. The molecule has 3 N–H and O–H groups in total. The highest BCUT2D eigenvalue weighted by atomic mass is 32.2. The maximum atomic E-state index is 10.2. The van der Waals surface area contributed by atoms with Crippen molar-refractivity contribution >= 4 is 18.0 Å². The minimum atomic E-state index is -0.609. The summed E-state index contributed by atoms with van der Waals surface area (Å²) in [4.78, 5) is 17.9. The van der Waals surface area contributed by atoms with Crippen LogP contribution in [-0.2, 0) is 0 Å². The van der Waals surface area contributed by atoms with Crippen LogP contribution in [0, 0.1) is 0 Å². The molecule has 1 aromatic rings. The summed E-state index contributed by atoms with van der Waals surface area (Å²) < 4.78 is 2.29. The van der Waals surface area contributed by atoms with E-state index in [-0.39, 0.29) is 0 Å². The highest BCUT2D eigenvalue weighted by Crippen LogP contribution is 2.04. The van der Waals surface area contributed by atoms with Crippen molar-refractivity contribution < 1.29 is 4.79 Å². The number of nitrogens with two attached hydrogens (primary N) is 1. The van der Waals surface area contributed by atoms with Crippen LogP contribution in [0.4, 0.5) is 4.79 Å². The number of hydrogen-bond acceptors (Lipinski definition) is 4. The first kappa shape index (κ1) is 7.80. The fraction of sp³-hybridized carbons (Fsp3) is 0. The molecule has 2 amide bonds. The molecule has 0 saturated heterocycles. The highest BCUT2D eigenvalue weighted by molar-refractivity contribution is 7.97. The van der Waals surface area contributed by atoms with Gasteiger partial charge < -0.3 is 5.73 Å². The van der Waals surface area contributed by atoms with Crippen LogP contribution in [0.25, 0.3) is 0 Å². The Morgan fingerprint density at radius 3 is 2.73 bits per heavy atom. The van der Waals surface area contributed by atoms with Crippen molar-refractivity contribution in [2.45, 2.75) is 5.16 Å². The Labute approximate surface area is 67.5 Å². The first-order valence-corrected chi connectivity index (χ1v) is 3.60. The molecule has 0 bridgehead atoms. The number of nitrogens with zero attached hydrogens (tertiary/aromatic N) is 2. The number of urea groups is 1. The van der Waals surface area contributed by atoms with Crippen molar-refractivity contribution in [3.05, 3.63) is 18.5 Å². The van der Waals surface area contributed by atoms with E-state index in [2.05, 4.69) is 14.7 Å². The number of carbonyl (C=O) groups is 1. The Hall–Kier alpha value is -1.30. The van der Waals surface area contributed by atoms with E-state index in [9.17, 15) is 4.79 Å². The fourth-order valence-electron chi connectivity index (χ4n) is 0.434. The van der Waals surface area contributed by atoms with Crippen LogP contribution in [0.3, 0.4) is 0 Å². The van der Waals surface area contributed by atoms with Crippen molar-refractivity contribution in [2.75, 3.05) is 0 Å². The maximum absolute atomic E-state index is 10.2. The molecule has 0 aliphatic rings. The van der Waals surface area contributed by atoms with Gasteiger partial charge in [0, 0.05) is 24.3 Å². The molecule has 0 atom stereocenters. The van der Waals surface area contributed by atoms with Crippen molar-refractivity contribution in [3.8, 4) is 0 Å². The lowest BCUT2D eigenvalue weighted by Gasteiger charge is -1.96. The van der Waals surface area contributed by atoms with Gasteiger partial charge in [0.1, 0.15) is 0 Å². The van der Waals surface area contributed by atoms with Crippen molar-refractivity contribution in [1.82, 2.24) is 14.7 Å². The standard InChI is InChI=1S/C5H6N4OS/c6-4(10)9-11-5-7-2-1-3-8-5/h1-3H,(H3,6,9,10). The Kier molecular flexibility index (Phi) is 2.67. The summed E-state index contributed by atoms with van der Waals surface area (Å²) in [5, 5.41) is 0.464. The molecule has 0 radical (unpaired) electrons. The monoisotopic (exact) mass is 170 g/mol. The van der Waals surface area contributed by atoms with Crippen molar-refractivity contribution in [1.29, 1.82) is 0 Å². The number of rotatable bonds is 2. The molecule has 0 spiro atoms. The number of primary amides is 1. The lowest BCUT2D eigenvalue weighted by molar-refractivity contribution is 0.254. The van der Waals surface area contributed by atoms with Crippen LogP contribution >= 0.6 is 11.9 Å². The molecular weight excluding hydrogens is 164 g/mol. The molecule has 58 valence electrons. The molecule has 6 heteroatoms. The second kappa shape index (κ2) is 3.77. The quantitative estimate of drug-likeness (QED) is 0.489. The SMILES string of the molecule is NC(=O)NSc1ncccn1. The van der Waals surface area contributed by atoms with Crippen LogP contribution in [0.5, 0.6) is 0 Å². The van der Waals surface area contributed by atoms with Crippen LogP contribution in [-0.4, -0.2) is 16.0 Å². The summed E-state index contributed by atoms with van der Waals surface area (Å²) in [6, 6.07) is 1.08. The van der Waals surface area contributed by atoms with Gasteiger partial charge in [-0.2, -0.15) is 0 Å². The van der Waals surface area contributed by atoms with Gasteiger partial charge in [0.2, 0.25) is 5.16 Å². The van der Waals surface area contributed by atoms with Gasteiger partial charge in [-0.15, -0.1) is 0 Å². The summed E-state index contributed by atoms with van der Waals surface area (Å²) in [5.74, 6) is 0. The maximum Gasteiger partial charge on any atom is 0.322 e. The summed E-state index contributed by atoms with van der Waals surface area (Å²) in [7, 11) is 0. The largest absolute Gasteiger partial charge is 0.351 e. The van der Waals surface area contributed by atoms with Gasteiger partial charge in [-0.3, -0.25) is 4.72 Å². The van der Waals surface area contributed by atoms with Crippen molar-refractivity contribution in [2.24, 2.45) is 5.73 Å². The van der Waals surface area contributed by atoms with Gasteiger partial charge in [-0.1, -0.05) is 0 Å². The van der Waals surface area contributed by atoms with Crippen LogP contribution < -0.4 is 10.5 Å². The minimum absolute atomic E-state index is 0.464. The summed E-state index contributed by atoms with van der Waals surface area (Å²) in [6.45, 7) is 0. The molecule has 1 heterocycles. The van der Waals surface area contributed by atoms with E-state index in [0.717, 1.165) is 11.9 Å². The fourth-order valence-corrected chi connectivity index (χ4v) is 0.853. The lowest BCUT2D eigenvalue weighted by Crippen LogP contribution is -2.23. The van der Waals surface area contributed by atoms with Gasteiger partial charge in [0.15, 0.2) is 0 Å². The third-order valence-corrected chi connectivity index (χ3v) is 1.48. The van der Waals surface area contributed by atoms with E-state index in [0.29, 0.717) is 5.16 Å². The topological polar surface area (TPSA) is 80.9 Å². The first-order chi connectivity index (χ1) is 5.29. The van der Waals surface area contributed by atoms with Gasteiger partial charge in [0.25, 0.3) is 0 Å². The number of carbonyl (C=O) groups excluding carboxylic acids is 1. The van der Waals surface area contributed by atoms with E-state index >= 15 is 0 Å². The Morgan fingerprint density at radius 2 is 2.18 bits per heavy atom. The zero-order chi connectivity index (χ0) is 8.10. The van der Waals surface area contributed by atoms with Crippen molar-refractivity contribution in [3.63, 3.8) is 0 Å². The van der Waals surface area contributed by atoms with E-state index in [1.165, 1.54) is 0 Å². The Balaban J connectivity index is 2.45. The summed E-state index contributed by atoms with van der Waals surface area (Å²) >= 11 is 0.982. The average molecular weight is 170 g/mol. The second-order valence-electron chi connectivity index (χ2n) is 1.60. The second-order valence-corrected chi connectivity index (χ2v) is 2.37. The Morgan fingerprint density at radius 1 is 1.55 bits per heavy atom. The third-order valence-electron chi connectivity index (χ3n) is 0.785. The highest BCUT2D eigenvalue weighted by Gasteiger charge is 1.95. The van der Waals surface area contributed by atoms with E-state index < -0.39 is 6.03 Å². The smallest absolute Gasteiger partial charge is 0.322 e. The zero-order valence-corrected chi connectivity index (χ0v) is 6.34. The third kappa shape index (κ3) is 2.85. The van der Waals surface area contributed by atoms with Crippen LogP contribution in [0.2, 0.25) is 0 Å². The molecule has 1 rings (SSSR count). The van der Waals surface area contributed by atoms with Crippen LogP contribution in [0.1, 0.15) is 0 Å². The normalized spacial score (nSPS) is 9.09. The minimum Gasteiger partial charge on any atom is -0.351 e. The first-order valence-electron chi connectivity index (χ1n) is 2.78. The molecule has 0 aromatic carbocycles. The molecule has 11 heavy (non-hydrogen) atoms.